The summed E-state index contributed by atoms with van der Waals surface area (Å²) in [6, 6.07) is 9.18. The van der Waals surface area contributed by atoms with E-state index in [0.29, 0.717) is 16.8 Å². The van der Waals surface area contributed by atoms with Crippen LogP contribution in [0.15, 0.2) is 35.7 Å². The van der Waals surface area contributed by atoms with E-state index in [-0.39, 0.29) is 5.02 Å². The van der Waals surface area contributed by atoms with Gasteiger partial charge in [0, 0.05) is 18.5 Å². The number of rotatable bonds is 5. The predicted octanol–water partition coefficient (Wildman–Crippen LogP) is 3.25. The summed E-state index contributed by atoms with van der Waals surface area (Å²) in [7, 11) is 0. The van der Waals surface area contributed by atoms with Gasteiger partial charge in [-0.05, 0) is 41.9 Å². The monoisotopic (exact) mass is 384 g/mol. The standard InChI is InChI=1S/C17H19ClFN3S2/c18-13-10-12(5-6-14(13)19)21-17(23)20-11-15(16-4-3-9-24-16)22-7-1-2-8-22/h3-6,9-10,15H,1-2,7-8,11H2,(H2,20,21,23)/p+1/t15-/m0/s1. The van der Waals surface area contributed by atoms with Crippen molar-refractivity contribution in [2.75, 3.05) is 25.0 Å². The molecule has 0 aliphatic carbocycles. The van der Waals surface area contributed by atoms with Crippen LogP contribution in [-0.4, -0.2) is 24.7 Å². The predicted molar refractivity (Wildman–Crippen MR) is 103 cm³/mol. The molecule has 0 bridgehead atoms. The molecule has 1 aromatic carbocycles. The minimum absolute atomic E-state index is 0.0840. The molecule has 1 atom stereocenters. The number of thiocarbonyl (C=S) groups is 1. The van der Waals surface area contributed by atoms with Crippen LogP contribution in [0.1, 0.15) is 23.8 Å². The van der Waals surface area contributed by atoms with Crippen LogP contribution in [-0.2, 0) is 0 Å². The fourth-order valence-corrected chi connectivity index (χ4v) is 4.32. The molecule has 0 saturated carbocycles. The molecule has 3 N–H and O–H groups in total. The van der Waals surface area contributed by atoms with Crippen LogP contribution in [0.5, 0.6) is 0 Å². The van der Waals surface area contributed by atoms with Gasteiger partial charge in [0.1, 0.15) is 11.9 Å². The van der Waals surface area contributed by atoms with Crippen molar-refractivity contribution in [3.8, 4) is 0 Å². The van der Waals surface area contributed by atoms with Crippen molar-refractivity contribution in [1.29, 1.82) is 0 Å². The van der Waals surface area contributed by atoms with Gasteiger partial charge in [0.05, 0.1) is 29.5 Å². The lowest BCUT2D eigenvalue weighted by atomic mass is 10.2. The molecule has 3 nitrogen and oxygen atoms in total. The van der Waals surface area contributed by atoms with Crippen molar-refractivity contribution in [3.63, 3.8) is 0 Å². The Labute approximate surface area is 155 Å². The van der Waals surface area contributed by atoms with E-state index in [2.05, 4.69) is 28.1 Å². The molecule has 1 saturated heterocycles. The molecule has 7 heteroatoms. The van der Waals surface area contributed by atoms with Crippen LogP contribution in [0.3, 0.4) is 0 Å². The van der Waals surface area contributed by atoms with Crippen molar-refractivity contribution < 1.29 is 9.29 Å². The summed E-state index contributed by atoms with van der Waals surface area (Å²) >= 11 is 13.0. The Bertz CT molecular complexity index is 687. The average Bonchev–Trinajstić information content (AvgIpc) is 3.25. The molecule has 0 amide bonds. The molecule has 2 aromatic rings. The van der Waals surface area contributed by atoms with Crippen LogP contribution < -0.4 is 15.5 Å². The Hall–Kier alpha value is -1.21. The third kappa shape index (κ3) is 4.45. The van der Waals surface area contributed by atoms with E-state index in [1.807, 2.05) is 0 Å². The summed E-state index contributed by atoms with van der Waals surface area (Å²) in [5.41, 5.74) is 0.681. The number of likely N-dealkylation sites (tertiary alicyclic amines) is 1. The highest BCUT2D eigenvalue weighted by atomic mass is 35.5. The lowest BCUT2D eigenvalue weighted by Gasteiger charge is -2.24. The van der Waals surface area contributed by atoms with Gasteiger partial charge in [0.15, 0.2) is 5.11 Å². The summed E-state index contributed by atoms with van der Waals surface area (Å²) in [5, 5.41) is 9.09. The van der Waals surface area contributed by atoms with Gasteiger partial charge < -0.3 is 15.5 Å². The fraction of sp³-hybridized carbons (Fsp3) is 0.353. The molecule has 24 heavy (non-hydrogen) atoms. The normalized spacial score (nSPS) is 16.1. The van der Waals surface area contributed by atoms with Gasteiger partial charge in [0.25, 0.3) is 0 Å². The Kier molecular flexibility index (Phi) is 6.05. The SMILES string of the molecule is Fc1ccc(NC(=S)NC[C@@H](c2cccs2)[NH+]2CCCC2)cc1Cl. The quantitative estimate of drug-likeness (QED) is 0.691. The van der Waals surface area contributed by atoms with Crippen LogP contribution >= 0.6 is 35.2 Å². The second-order valence-corrected chi connectivity index (χ2v) is 7.69. The lowest BCUT2D eigenvalue weighted by molar-refractivity contribution is -0.918. The number of benzene rings is 1. The number of anilines is 1. The number of hydrogen-bond donors (Lipinski definition) is 3. The number of quaternary nitrogens is 1. The van der Waals surface area contributed by atoms with Crippen LogP contribution in [0.2, 0.25) is 5.02 Å². The Balaban J connectivity index is 1.59. The van der Waals surface area contributed by atoms with E-state index in [0.717, 1.165) is 6.54 Å². The highest BCUT2D eigenvalue weighted by Gasteiger charge is 2.28. The first-order chi connectivity index (χ1) is 11.6. The second kappa shape index (κ2) is 8.25. The van der Waals surface area contributed by atoms with Crippen molar-refractivity contribution in [2.45, 2.75) is 18.9 Å². The van der Waals surface area contributed by atoms with E-state index in [4.69, 9.17) is 23.8 Å². The molecule has 1 aliphatic rings. The number of halogens is 2. The highest BCUT2D eigenvalue weighted by Crippen LogP contribution is 2.20. The first-order valence-electron chi connectivity index (χ1n) is 8.01. The maximum absolute atomic E-state index is 13.2. The largest absolute Gasteiger partial charge is 0.356 e. The third-order valence-electron chi connectivity index (χ3n) is 4.27. The van der Waals surface area contributed by atoms with Gasteiger partial charge >= 0.3 is 0 Å². The Morgan fingerprint density at radius 1 is 1.33 bits per heavy atom. The van der Waals surface area contributed by atoms with Gasteiger partial charge in [-0.1, -0.05) is 17.7 Å². The first-order valence-corrected chi connectivity index (χ1v) is 9.68. The molecular weight excluding hydrogens is 365 g/mol. The molecule has 1 aliphatic heterocycles. The average molecular weight is 385 g/mol. The zero-order valence-corrected chi connectivity index (χ0v) is 15.5. The van der Waals surface area contributed by atoms with E-state index in [1.165, 1.54) is 42.9 Å². The van der Waals surface area contributed by atoms with Gasteiger partial charge in [-0.25, -0.2) is 4.39 Å². The minimum atomic E-state index is -0.434. The van der Waals surface area contributed by atoms with E-state index in [1.54, 1.807) is 22.3 Å². The topological polar surface area (TPSA) is 28.5 Å². The maximum atomic E-state index is 13.2. The summed E-state index contributed by atoms with van der Waals surface area (Å²) in [4.78, 5) is 2.99. The molecule has 0 spiro atoms. The molecule has 0 radical (unpaired) electrons. The third-order valence-corrected chi connectivity index (χ3v) is 5.79. The van der Waals surface area contributed by atoms with Gasteiger partial charge in [-0.2, -0.15) is 0 Å². The number of hydrogen-bond acceptors (Lipinski definition) is 2. The van der Waals surface area contributed by atoms with Crippen LogP contribution in [0, 0.1) is 5.82 Å². The zero-order chi connectivity index (χ0) is 16.9. The Morgan fingerprint density at radius 3 is 2.79 bits per heavy atom. The molecule has 1 fully saturated rings. The van der Waals surface area contributed by atoms with E-state index >= 15 is 0 Å². The van der Waals surface area contributed by atoms with Crippen molar-refractivity contribution in [2.24, 2.45) is 0 Å². The van der Waals surface area contributed by atoms with Crippen molar-refractivity contribution in [3.05, 3.63) is 51.4 Å². The highest BCUT2D eigenvalue weighted by molar-refractivity contribution is 7.80. The molecule has 1 aromatic heterocycles. The first kappa shape index (κ1) is 17.6. The van der Waals surface area contributed by atoms with Crippen molar-refractivity contribution >= 4 is 46.0 Å². The van der Waals surface area contributed by atoms with Gasteiger partial charge in [0.2, 0.25) is 0 Å². The molecule has 0 unspecified atom stereocenters. The summed E-state index contributed by atoms with van der Waals surface area (Å²) in [5.74, 6) is -0.434. The van der Waals surface area contributed by atoms with Gasteiger partial charge in [-0.3, -0.25) is 0 Å². The van der Waals surface area contributed by atoms with Crippen molar-refractivity contribution in [1.82, 2.24) is 5.32 Å². The molecule has 2 heterocycles. The fourth-order valence-electron chi connectivity index (χ4n) is 3.06. The smallest absolute Gasteiger partial charge is 0.171 e. The second-order valence-electron chi connectivity index (χ2n) is 5.90. The zero-order valence-electron chi connectivity index (χ0n) is 13.1. The van der Waals surface area contributed by atoms with E-state index < -0.39 is 5.82 Å². The molecule has 128 valence electrons. The summed E-state index contributed by atoms with van der Waals surface area (Å²) < 4.78 is 13.2. The summed E-state index contributed by atoms with van der Waals surface area (Å²) in [6.45, 7) is 3.19. The molecular formula is C17H20ClFN3S2+. The maximum Gasteiger partial charge on any atom is 0.171 e. The lowest BCUT2D eigenvalue weighted by Crippen LogP contribution is -3.11. The van der Waals surface area contributed by atoms with Crippen LogP contribution in [0.4, 0.5) is 10.1 Å². The summed E-state index contributed by atoms with van der Waals surface area (Å²) in [6.07, 6.45) is 2.57. The van der Waals surface area contributed by atoms with Crippen LogP contribution in [0.25, 0.3) is 0 Å². The van der Waals surface area contributed by atoms with Gasteiger partial charge in [-0.15, -0.1) is 11.3 Å². The van der Waals surface area contributed by atoms with E-state index in [9.17, 15) is 4.39 Å². The minimum Gasteiger partial charge on any atom is -0.356 e. The number of nitrogens with one attached hydrogen (secondary N) is 3. The number of thiophene rings is 1. The molecule has 3 rings (SSSR count). The Morgan fingerprint density at radius 2 is 2.12 bits per heavy atom.